The second-order valence-corrected chi connectivity index (χ2v) is 2.76. The zero-order chi connectivity index (χ0) is 17.4. The summed E-state index contributed by atoms with van der Waals surface area (Å²) < 4.78 is 34.3. The standard InChI is InChI=1S/C4H10O4.4H3O2P/c5-1-3(7)4(8)2-6;4*1-3-2/h3-8H,1-2H2;4*3H2,(H,1,2). The Hall–Kier alpha value is 0.600. The lowest BCUT2D eigenvalue weighted by Gasteiger charge is -2.10. The Bertz CT molecular complexity index is 160. The van der Waals surface area contributed by atoms with Crippen molar-refractivity contribution in [1.82, 2.24) is 0 Å². The predicted octanol–water partition coefficient (Wildman–Crippen LogP) is -3.71. The number of rotatable bonds is 3. The zero-order valence-electron chi connectivity index (χ0n) is 10.1. The lowest BCUT2D eigenvalue weighted by atomic mass is 10.2. The average Bonchev–Trinajstić information content (AvgIpc) is 2.40. The smallest absolute Gasteiger partial charge is 0.177 e. The van der Waals surface area contributed by atoms with Gasteiger partial charge in [-0.1, -0.05) is 0 Å². The molecule has 12 nitrogen and oxygen atoms in total. The average molecular weight is 386 g/mol. The van der Waals surface area contributed by atoms with Gasteiger partial charge in [0, 0.05) is 0 Å². The van der Waals surface area contributed by atoms with Gasteiger partial charge in [-0.15, -0.1) is 0 Å². The van der Waals surface area contributed by atoms with Crippen molar-refractivity contribution >= 4 is 34.7 Å². The van der Waals surface area contributed by atoms with E-state index in [4.69, 9.17) is 58.3 Å². The zero-order valence-corrected chi connectivity index (χ0v) is 14.7. The van der Waals surface area contributed by atoms with Crippen LogP contribution in [0.5, 0.6) is 0 Å². The van der Waals surface area contributed by atoms with Crippen LogP contribution >= 0.6 is 34.7 Å². The third kappa shape index (κ3) is 77.9. The van der Waals surface area contributed by atoms with Gasteiger partial charge in [0.1, 0.15) is 12.2 Å². The van der Waals surface area contributed by atoms with Gasteiger partial charge in [-0.05, 0) is 0 Å². The lowest BCUT2D eigenvalue weighted by Crippen LogP contribution is -2.31. The molecule has 6 unspecified atom stereocenters. The van der Waals surface area contributed by atoms with Crippen molar-refractivity contribution in [3.63, 3.8) is 0 Å². The van der Waals surface area contributed by atoms with Crippen LogP contribution in [0.15, 0.2) is 0 Å². The fourth-order valence-electron chi connectivity index (χ4n) is 0.243. The molecule has 0 aromatic rings. The molecular formula is C4H22O12P4. The van der Waals surface area contributed by atoms with Crippen LogP contribution in [0.3, 0.4) is 0 Å². The third-order valence-corrected chi connectivity index (χ3v) is 0.818. The van der Waals surface area contributed by atoms with Gasteiger partial charge >= 0.3 is 0 Å². The minimum atomic E-state index is -1.50. The van der Waals surface area contributed by atoms with Gasteiger partial charge in [0.15, 0.2) is 34.7 Å². The molecule has 16 heteroatoms. The van der Waals surface area contributed by atoms with Crippen LogP contribution in [-0.2, 0) is 18.3 Å². The van der Waals surface area contributed by atoms with Crippen LogP contribution in [-0.4, -0.2) is 65.4 Å². The molecule has 0 saturated heterocycles. The first kappa shape index (κ1) is 32.5. The van der Waals surface area contributed by atoms with Gasteiger partial charge in [0.25, 0.3) is 0 Å². The van der Waals surface area contributed by atoms with Crippen LogP contribution in [0.2, 0.25) is 0 Å². The minimum absolute atomic E-state index is 0.526. The van der Waals surface area contributed by atoms with Gasteiger partial charge in [-0.25, -0.2) is 0 Å². The molecule has 0 saturated carbocycles. The van der Waals surface area contributed by atoms with Crippen molar-refractivity contribution in [2.75, 3.05) is 13.2 Å². The second-order valence-electron chi connectivity index (χ2n) is 1.92. The second kappa shape index (κ2) is 42.7. The molecule has 0 aromatic heterocycles. The van der Waals surface area contributed by atoms with E-state index < -0.39 is 60.2 Å². The fourth-order valence-corrected chi connectivity index (χ4v) is 0.243. The van der Waals surface area contributed by atoms with Gasteiger partial charge in [-0.2, -0.15) is 0 Å². The Labute approximate surface area is 119 Å². The minimum Gasteiger partial charge on any atom is -0.394 e. The molecule has 0 fully saturated rings. The number of aliphatic hydroxyl groups is 4. The van der Waals surface area contributed by atoms with E-state index in [2.05, 4.69) is 0 Å². The number of hydrogen-bond acceptors (Lipinski definition) is 8. The molecule has 130 valence electrons. The quantitative estimate of drug-likeness (QED) is 0.219. The van der Waals surface area contributed by atoms with Crippen molar-refractivity contribution in [3.8, 4) is 0 Å². The van der Waals surface area contributed by atoms with Crippen LogP contribution in [0.4, 0.5) is 0 Å². The van der Waals surface area contributed by atoms with E-state index in [1.165, 1.54) is 0 Å². The predicted molar refractivity (Wildman–Crippen MR) is 76.6 cm³/mol. The molecule has 0 heterocycles. The van der Waals surface area contributed by atoms with Crippen molar-refractivity contribution in [3.05, 3.63) is 0 Å². The van der Waals surface area contributed by atoms with Crippen molar-refractivity contribution in [2.45, 2.75) is 12.2 Å². The summed E-state index contributed by atoms with van der Waals surface area (Å²) in [6, 6.07) is 0. The van der Waals surface area contributed by atoms with Crippen LogP contribution in [0.25, 0.3) is 0 Å². The van der Waals surface area contributed by atoms with Gasteiger partial charge < -0.3 is 40.0 Å². The first-order valence-corrected chi connectivity index (χ1v) is 8.23. The van der Waals surface area contributed by atoms with E-state index in [0.29, 0.717) is 0 Å². The topological polar surface area (TPSA) is 230 Å². The maximum atomic E-state index is 8.57. The van der Waals surface area contributed by atoms with E-state index in [-0.39, 0.29) is 0 Å². The Morgan fingerprint density at radius 3 is 0.750 bits per heavy atom. The van der Waals surface area contributed by atoms with E-state index in [9.17, 15) is 0 Å². The molecule has 8 N–H and O–H groups in total. The maximum absolute atomic E-state index is 8.57. The third-order valence-electron chi connectivity index (χ3n) is 0.818. The first-order chi connectivity index (χ1) is 9.38. The number of aliphatic hydroxyl groups excluding tert-OH is 4. The highest BCUT2D eigenvalue weighted by Crippen LogP contribution is 1.88. The van der Waals surface area contributed by atoms with E-state index in [0.717, 1.165) is 0 Å². The molecular weight excluding hydrogens is 364 g/mol. The maximum Gasteiger partial charge on any atom is 0.177 e. The van der Waals surface area contributed by atoms with Crippen LogP contribution < -0.4 is 0 Å². The summed E-state index contributed by atoms with van der Waals surface area (Å²) in [4.78, 5) is 28.4. The first-order valence-electron chi connectivity index (χ1n) is 4.27. The summed E-state index contributed by atoms with van der Waals surface area (Å²) in [5.74, 6) is 0. The molecule has 0 aliphatic carbocycles. The highest BCUT2D eigenvalue weighted by atomic mass is 31.1. The highest BCUT2D eigenvalue weighted by molar-refractivity contribution is 7.16. The van der Waals surface area contributed by atoms with Gasteiger partial charge in [-0.3, -0.25) is 18.3 Å². The molecule has 0 aliphatic heterocycles. The van der Waals surface area contributed by atoms with Crippen molar-refractivity contribution in [2.24, 2.45) is 0 Å². The Morgan fingerprint density at radius 1 is 0.600 bits per heavy atom. The summed E-state index contributed by atoms with van der Waals surface area (Å²) in [6.45, 7) is -1.05. The van der Waals surface area contributed by atoms with Gasteiger partial charge in [0.2, 0.25) is 0 Å². The number of hydrogen-bond donors (Lipinski definition) is 8. The molecule has 0 amide bonds. The fraction of sp³-hybridized carbons (Fsp3) is 1.00. The van der Waals surface area contributed by atoms with Gasteiger partial charge in [0.05, 0.1) is 13.2 Å². The summed E-state index contributed by atoms with van der Waals surface area (Å²) >= 11 is 0. The van der Waals surface area contributed by atoms with E-state index >= 15 is 0 Å². The Morgan fingerprint density at radius 2 is 0.700 bits per heavy atom. The van der Waals surface area contributed by atoms with Crippen molar-refractivity contribution in [1.29, 1.82) is 0 Å². The SMILES string of the molecule is O=[PH2]O.O=[PH2]O.O=[PH2]O.O=[PH2]O.OCC(O)C(O)CO. The molecule has 0 bridgehead atoms. The summed E-state index contributed by atoms with van der Waals surface area (Å²) in [6.07, 6.45) is -2.44. The monoisotopic (exact) mass is 386 g/mol. The Balaban J connectivity index is -0.0000000527. The molecule has 0 rings (SSSR count). The molecule has 6 atom stereocenters. The van der Waals surface area contributed by atoms with Crippen molar-refractivity contribution < 1.29 is 58.3 Å². The van der Waals surface area contributed by atoms with E-state index in [1.807, 2.05) is 0 Å². The van der Waals surface area contributed by atoms with Crippen LogP contribution in [0.1, 0.15) is 0 Å². The molecule has 20 heavy (non-hydrogen) atoms. The summed E-state index contributed by atoms with van der Waals surface area (Å²) in [5, 5.41) is 33.2. The Kier molecular flexibility index (Phi) is 69.4. The normalized spacial score (nSPS) is 13.0. The molecule has 0 spiro atoms. The molecule has 0 aliphatic rings. The van der Waals surface area contributed by atoms with E-state index in [1.54, 1.807) is 0 Å². The lowest BCUT2D eigenvalue weighted by molar-refractivity contribution is -0.0388. The van der Waals surface area contributed by atoms with Crippen LogP contribution in [0, 0.1) is 0 Å². The summed E-state index contributed by atoms with van der Waals surface area (Å²) in [7, 11) is -6.00. The highest BCUT2D eigenvalue weighted by Gasteiger charge is 2.12. The largest absolute Gasteiger partial charge is 0.394 e. The molecule has 0 radical (unpaired) electrons. The molecule has 0 aromatic carbocycles. The summed E-state index contributed by atoms with van der Waals surface area (Å²) in [5.41, 5.74) is 0.